The number of nitrogen functional groups attached to an aromatic ring is 1. The highest BCUT2D eigenvalue weighted by molar-refractivity contribution is 5.54. The average molecular weight is 327 g/mol. The Morgan fingerprint density at radius 2 is 1.83 bits per heavy atom. The van der Waals surface area contributed by atoms with Crippen LogP contribution in [0.5, 0.6) is 0 Å². The van der Waals surface area contributed by atoms with Crippen molar-refractivity contribution in [2.75, 3.05) is 11.2 Å². The van der Waals surface area contributed by atoms with E-state index in [0.717, 1.165) is 16.8 Å². The normalized spacial score (nSPS) is 12.3. The predicted molar refractivity (Wildman–Crippen MR) is 79.9 cm³/mol. The van der Waals surface area contributed by atoms with E-state index >= 15 is 0 Å². The van der Waals surface area contributed by atoms with E-state index in [1.165, 1.54) is 12.1 Å². The third-order valence-corrected chi connectivity index (χ3v) is 3.05. The second-order valence-corrected chi connectivity index (χ2v) is 6.00. The van der Waals surface area contributed by atoms with Crippen molar-refractivity contribution < 1.29 is 13.2 Å². The topological polar surface area (TPSA) is 85.8 Å². The maximum Gasteiger partial charge on any atom is 0.416 e. The zero-order valence-electron chi connectivity index (χ0n) is 12.8. The number of nitrogens with two attached hydrogens (primary N) is 1. The first-order valence-electron chi connectivity index (χ1n) is 6.70. The molecule has 9 heteroatoms. The first-order valence-corrected chi connectivity index (χ1v) is 6.70. The minimum atomic E-state index is -4.47. The first-order chi connectivity index (χ1) is 10.5. The molecule has 0 spiro atoms. The quantitative estimate of drug-likeness (QED) is 0.827. The SMILES string of the molecule is CC(C)(C)c1nnc(Nc2cccc(C(F)(F)F)c2)n(N)c1=O. The van der Waals surface area contributed by atoms with Crippen LogP contribution >= 0.6 is 0 Å². The molecule has 3 N–H and O–H groups in total. The molecule has 1 aromatic carbocycles. The van der Waals surface area contributed by atoms with Gasteiger partial charge in [-0.3, -0.25) is 4.79 Å². The zero-order valence-corrected chi connectivity index (χ0v) is 12.8. The molecule has 0 aliphatic carbocycles. The zero-order chi connectivity index (χ0) is 17.4. The Morgan fingerprint density at radius 1 is 1.17 bits per heavy atom. The van der Waals surface area contributed by atoms with Crippen molar-refractivity contribution in [1.29, 1.82) is 0 Å². The second-order valence-electron chi connectivity index (χ2n) is 6.00. The average Bonchev–Trinajstić information content (AvgIpc) is 2.42. The molecule has 2 rings (SSSR count). The highest BCUT2D eigenvalue weighted by Gasteiger charge is 2.30. The Kier molecular flexibility index (Phi) is 4.06. The van der Waals surface area contributed by atoms with Crippen LogP contribution in [-0.2, 0) is 11.6 Å². The fourth-order valence-electron chi connectivity index (χ4n) is 1.86. The third kappa shape index (κ3) is 3.61. The summed E-state index contributed by atoms with van der Waals surface area (Å²) in [7, 11) is 0. The van der Waals surface area contributed by atoms with Crippen LogP contribution in [0.1, 0.15) is 32.0 Å². The number of rotatable bonds is 2. The summed E-state index contributed by atoms with van der Waals surface area (Å²) in [5.74, 6) is 5.52. The summed E-state index contributed by atoms with van der Waals surface area (Å²) in [5.41, 5.74) is -1.69. The number of hydrogen-bond acceptors (Lipinski definition) is 5. The van der Waals surface area contributed by atoms with E-state index in [-0.39, 0.29) is 17.3 Å². The number of alkyl halides is 3. The van der Waals surface area contributed by atoms with Gasteiger partial charge in [0.05, 0.1) is 5.56 Å². The Hall–Kier alpha value is -2.58. The highest BCUT2D eigenvalue weighted by atomic mass is 19.4. The molecule has 1 heterocycles. The summed E-state index contributed by atoms with van der Waals surface area (Å²) in [5, 5.41) is 10.2. The summed E-state index contributed by atoms with van der Waals surface area (Å²) in [4.78, 5) is 12.2. The summed E-state index contributed by atoms with van der Waals surface area (Å²) >= 11 is 0. The van der Waals surface area contributed by atoms with Crippen LogP contribution in [0.15, 0.2) is 29.1 Å². The molecule has 1 aromatic heterocycles. The molecule has 0 saturated heterocycles. The summed E-state index contributed by atoms with van der Waals surface area (Å²) < 4.78 is 38.8. The molecule has 0 amide bonds. The van der Waals surface area contributed by atoms with Gasteiger partial charge >= 0.3 is 6.18 Å². The number of anilines is 2. The van der Waals surface area contributed by atoms with Gasteiger partial charge in [0.25, 0.3) is 5.56 Å². The molecule has 0 atom stereocenters. The van der Waals surface area contributed by atoms with Gasteiger partial charge in [-0.25, -0.2) is 0 Å². The number of aromatic nitrogens is 3. The van der Waals surface area contributed by atoms with Gasteiger partial charge in [0, 0.05) is 11.1 Å². The Morgan fingerprint density at radius 3 is 2.39 bits per heavy atom. The minimum absolute atomic E-state index is 0.0937. The van der Waals surface area contributed by atoms with Gasteiger partial charge in [0.15, 0.2) is 0 Å². The fourth-order valence-corrected chi connectivity index (χ4v) is 1.86. The largest absolute Gasteiger partial charge is 0.416 e. The first kappa shape index (κ1) is 16.8. The maximum absolute atomic E-state index is 12.7. The van der Waals surface area contributed by atoms with Crippen molar-refractivity contribution >= 4 is 11.6 Å². The highest BCUT2D eigenvalue weighted by Crippen LogP contribution is 2.31. The molecule has 0 fully saturated rings. The molecule has 0 bridgehead atoms. The van der Waals surface area contributed by atoms with Crippen molar-refractivity contribution in [1.82, 2.24) is 14.9 Å². The predicted octanol–water partition coefficient (Wildman–Crippen LogP) is 2.41. The van der Waals surface area contributed by atoms with Gasteiger partial charge < -0.3 is 11.2 Å². The second kappa shape index (κ2) is 5.56. The van der Waals surface area contributed by atoms with Crippen LogP contribution in [0.4, 0.5) is 24.8 Å². The fraction of sp³-hybridized carbons (Fsp3) is 0.357. The van der Waals surface area contributed by atoms with Crippen LogP contribution < -0.4 is 16.7 Å². The van der Waals surface area contributed by atoms with E-state index in [1.54, 1.807) is 20.8 Å². The van der Waals surface area contributed by atoms with E-state index in [2.05, 4.69) is 15.5 Å². The lowest BCUT2D eigenvalue weighted by Gasteiger charge is -2.18. The lowest BCUT2D eigenvalue weighted by atomic mass is 9.93. The molecular formula is C14H16F3N5O. The molecule has 2 aromatic rings. The van der Waals surface area contributed by atoms with Gasteiger partial charge in [-0.05, 0) is 18.2 Å². The number of benzene rings is 1. The third-order valence-electron chi connectivity index (χ3n) is 3.05. The summed E-state index contributed by atoms with van der Waals surface area (Å²) in [6.45, 7) is 5.33. The van der Waals surface area contributed by atoms with Crippen LogP contribution in [0.25, 0.3) is 0 Å². The van der Waals surface area contributed by atoms with E-state index in [4.69, 9.17) is 5.84 Å². The van der Waals surface area contributed by atoms with E-state index < -0.39 is 22.7 Å². The summed E-state index contributed by atoms with van der Waals surface area (Å²) in [6.07, 6.45) is -4.47. The lowest BCUT2D eigenvalue weighted by Crippen LogP contribution is -2.38. The van der Waals surface area contributed by atoms with Crippen molar-refractivity contribution in [3.8, 4) is 0 Å². The molecule has 0 unspecified atom stereocenters. The molecule has 23 heavy (non-hydrogen) atoms. The molecule has 0 aliphatic rings. The van der Waals surface area contributed by atoms with Crippen LogP contribution in [-0.4, -0.2) is 14.9 Å². The van der Waals surface area contributed by atoms with Gasteiger partial charge in [-0.15, -0.1) is 10.2 Å². The number of nitrogens with one attached hydrogen (secondary N) is 1. The summed E-state index contributed by atoms with van der Waals surface area (Å²) in [6, 6.07) is 4.47. The van der Waals surface area contributed by atoms with Gasteiger partial charge in [-0.1, -0.05) is 26.8 Å². The smallest absolute Gasteiger partial charge is 0.333 e. The molecule has 6 nitrogen and oxygen atoms in total. The van der Waals surface area contributed by atoms with Gasteiger partial charge in [0.1, 0.15) is 5.69 Å². The van der Waals surface area contributed by atoms with Crippen molar-refractivity contribution in [2.45, 2.75) is 32.4 Å². The molecule has 0 radical (unpaired) electrons. The Balaban J connectivity index is 2.39. The standard InChI is InChI=1S/C14H16F3N5O/c1-13(2,3)10-11(23)22(18)12(21-20-10)19-9-6-4-5-8(7-9)14(15,16)17/h4-7H,18H2,1-3H3,(H,19,21). The monoisotopic (exact) mass is 327 g/mol. The maximum atomic E-state index is 12.7. The number of halogens is 3. The Labute approximate surface area is 130 Å². The van der Waals surface area contributed by atoms with E-state index in [0.29, 0.717) is 0 Å². The van der Waals surface area contributed by atoms with Gasteiger partial charge in [-0.2, -0.15) is 17.8 Å². The molecule has 0 saturated carbocycles. The van der Waals surface area contributed by atoms with Gasteiger partial charge in [0.2, 0.25) is 5.95 Å². The number of nitrogens with zero attached hydrogens (tertiary/aromatic N) is 3. The molecule has 124 valence electrons. The molecule has 0 aliphatic heterocycles. The van der Waals surface area contributed by atoms with Crippen LogP contribution in [0.3, 0.4) is 0 Å². The lowest BCUT2D eigenvalue weighted by molar-refractivity contribution is -0.137. The van der Waals surface area contributed by atoms with Crippen molar-refractivity contribution in [3.63, 3.8) is 0 Å². The van der Waals surface area contributed by atoms with E-state index in [9.17, 15) is 18.0 Å². The number of hydrogen-bond donors (Lipinski definition) is 2. The van der Waals surface area contributed by atoms with Crippen molar-refractivity contribution in [3.05, 3.63) is 45.9 Å². The van der Waals surface area contributed by atoms with E-state index in [1.807, 2.05) is 0 Å². The van der Waals surface area contributed by atoms with Crippen molar-refractivity contribution in [2.24, 2.45) is 0 Å². The minimum Gasteiger partial charge on any atom is -0.333 e. The Bertz CT molecular complexity index is 777. The van der Waals surface area contributed by atoms with Crippen LogP contribution in [0, 0.1) is 0 Å². The molecular weight excluding hydrogens is 311 g/mol. The van der Waals surface area contributed by atoms with Crippen LogP contribution in [0.2, 0.25) is 0 Å².